The summed E-state index contributed by atoms with van der Waals surface area (Å²) in [6.45, 7) is 9.53. The minimum absolute atomic E-state index is 0.163. The average molecular weight is 420 g/mol. The summed E-state index contributed by atoms with van der Waals surface area (Å²) in [5.41, 5.74) is 5.38. The number of carbonyl (C=O) groups is 1. The van der Waals surface area contributed by atoms with Gasteiger partial charge < -0.3 is 10.4 Å². The third-order valence-electron chi connectivity index (χ3n) is 8.37. The highest BCUT2D eigenvalue weighted by molar-refractivity contribution is 5.79. The number of aromatic nitrogens is 1. The van der Waals surface area contributed by atoms with E-state index in [1.807, 2.05) is 19.2 Å². The molecule has 3 N–H and O–H groups in total. The lowest BCUT2D eigenvalue weighted by Gasteiger charge is -2.51. The third kappa shape index (κ3) is 2.93. The molecule has 3 aliphatic rings. The molecule has 3 atom stereocenters. The lowest BCUT2D eigenvalue weighted by atomic mass is 9.53. The number of hydrogen-bond acceptors (Lipinski definition) is 4. The standard InChI is InChI=1S/C26H33N3O2/c1-16-5-6-19-20(13-16)28-15-26(19)21(18-7-12-27-17(2)14-18)22(23(30)31)29-25(26)10-8-24(3,4)9-11-25/h5-7,12-14,21-22,28-29H,8-11,15H2,1-4H3,(H,30,31)/t21-,22+,26+/m0/s1. The molecule has 0 unspecified atom stereocenters. The first-order valence-corrected chi connectivity index (χ1v) is 11.5. The highest BCUT2D eigenvalue weighted by Crippen LogP contribution is 2.63. The molecule has 31 heavy (non-hydrogen) atoms. The van der Waals surface area contributed by atoms with Crippen LogP contribution in [0.3, 0.4) is 0 Å². The van der Waals surface area contributed by atoms with E-state index < -0.39 is 12.0 Å². The Kier molecular flexibility index (Phi) is 4.50. The normalized spacial score (nSPS) is 30.3. The van der Waals surface area contributed by atoms with Crippen LogP contribution >= 0.6 is 0 Å². The number of carboxylic acids is 1. The smallest absolute Gasteiger partial charge is 0.321 e. The van der Waals surface area contributed by atoms with Gasteiger partial charge >= 0.3 is 5.97 Å². The summed E-state index contributed by atoms with van der Waals surface area (Å²) in [6.07, 6.45) is 5.98. The van der Waals surface area contributed by atoms with Crippen LogP contribution in [0.4, 0.5) is 5.69 Å². The minimum Gasteiger partial charge on any atom is -0.480 e. The summed E-state index contributed by atoms with van der Waals surface area (Å²) in [6, 6.07) is 10.1. The quantitative estimate of drug-likeness (QED) is 0.666. The fourth-order valence-electron chi connectivity index (χ4n) is 6.71. The van der Waals surface area contributed by atoms with Crippen molar-refractivity contribution in [3.05, 3.63) is 58.9 Å². The fraction of sp³-hybridized carbons (Fsp3) is 0.538. The topological polar surface area (TPSA) is 74.2 Å². The Morgan fingerprint density at radius 2 is 1.84 bits per heavy atom. The number of carboxylic acid groups (broad SMARTS) is 1. The maximum Gasteiger partial charge on any atom is 0.321 e. The van der Waals surface area contributed by atoms with Crippen molar-refractivity contribution in [1.29, 1.82) is 0 Å². The molecule has 5 nitrogen and oxygen atoms in total. The number of aliphatic carboxylic acids is 1. The molecule has 0 amide bonds. The van der Waals surface area contributed by atoms with E-state index >= 15 is 0 Å². The highest BCUT2D eigenvalue weighted by Gasteiger charge is 2.68. The Morgan fingerprint density at radius 3 is 2.52 bits per heavy atom. The van der Waals surface area contributed by atoms with E-state index in [2.05, 4.69) is 60.7 Å². The van der Waals surface area contributed by atoms with E-state index in [0.717, 1.165) is 49.2 Å². The molecule has 2 spiro atoms. The molecule has 5 rings (SSSR count). The number of aryl methyl sites for hydroxylation is 2. The van der Waals surface area contributed by atoms with Gasteiger partial charge in [-0.25, -0.2) is 0 Å². The second-order valence-electron chi connectivity index (χ2n) is 10.8. The molecule has 0 bridgehead atoms. The zero-order chi connectivity index (χ0) is 22.0. The van der Waals surface area contributed by atoms with Crippen LogP contribution in [0.25, 0.3) is 0 Å². The van der Waals surface area contributed by atoms with Gasteiger partial charge in [0.1, 0.15) is 6.04 Å². The largest absolute Gasteiger partial charge is 0.480 e. The number of nitrogens with zero attached hydrogens (tertiary/aromatic N) is 1. The van der Waals surface area contributed by atoms with Crippen molar-refractivity contribution in [3.63, 3.8) is 0 Å². The molecule has 2 aromatic rings. The van der Waals surface area contributed by atoms with E-state index in [1.165, 1.54) is 11.1 Å². The molecule has 5 heteroatoms. The SMILES string of the molecule is Cc1ccc2c(c1)NC[C@]21[C@@H](c2ccnc(C)c2)[C@H](C(=O)O)NC12CCC(C)(C)CC2. The van der Waals surface area contributed by atoms with E-state index in [-0.39, 0.29) is 16.9 Å². The van der Waals surface area contributed by atoms with Crippen molar-refractivity contribution in [2.45, 2.75) is 76.3 Å². The monoisotopic (exact) mass is 419 g/mol. The third-order valence-corrected chi connectivity index (χ3v) is 8.37. The Morgan fingerprint density at radius 1 is 1.10 bits per heavy atom. The first-order chi connectivity index (χ1) is 14.7. The minimum atomic E-state index is -0.763. The fourth-order valence-corrected chi connectivity index (χ4v) is 6.71. The number of benzene rings is 1. The predicted octanol–water partition coefficient (Wildman–Crippen LogP) is 4.54. The Labute approximate surface area is 184 Å². The maximum absolute atomic E-state index is 12.6. The van der Waals surface area contributed by atoms with Crippen molar-refractivity contribution in [2.75, 3.05) is 11.9 Å². The van der Waals surface area contributed by atoms with Crippen molar-refractivity contribution >= 4 is 11.7 Å². The number of pyridine rings is 1. The van der Waals surface area contributed by atoms with Gasteiger partial charge in [-0.15, -0.1) is 0 Å². The molecular formula is C26H33N3O2. The molecule has 1 saturated heterocycles. The summed E-state index contributed by atoms with van der Waals surface area (Å²) in [4.78, 5) is 17.0. The van der Waals surface area contributed by atoms with Gasteiger partial charge in [0.25, 0.3) is 0 Å². The molecule has 164 valence electrons. The lowest BCUT2D eigenvalue weighted by Crippen LogP contribution is -2.59. The molecule has 1 aromatic carbocycles. The van der Waals surface area contributed by atoms with Gasteiger partial charge in [0, 0.05) is 41.0 Å². The summed E-state index contributed by atoms with van der Waals surface area (Å²) < 4.78 is 0. The van der Waals surface area contributed by atoms with Crippen LogP contribution in [0.15, 0.2) is 36.5 Å². The number of fused-ring (bicyclic) bond motifs is 3. The van der Waals surface area contributed by atoms with Crippen LogP contribution in [0.1, 0.15) is 67.8 Å². The van der Waals surface area contributed by atoms with Gasteiger partial charge in [-0.3, -0.25) is 15.1 Å². The van der Waals surface area contributed by atoms with Crippen LogP contribution in [-0.4, -0.2) is 34.2 Å². The molecular weight excluding hydrogens is 386 g/mol. The van der Waals surface area contributed by atoms with E-state index in [9.17, 15) is 9.90 Å². The zero-order valence-corrected chi connectivity index (χ0v) is 19.0. The Balaban J connectivity index is 1.75. The average Bonchev–Trinajstić information content (AvgIpc) is 3.22. The van der Waals surface area contributed by atoms with Crippen LogP contribution in [0.5, 0.6) is 0 Å². The van der Waals surface area contributed by atoms with Gasteiger partial charge in [-0.05, 0) is 79.8 Å². The van der Waals surface area contributed by atoms with Gasteiger partial charge in [-0.2, -0.15) is 0 Å². The second-order valence-corrected chi connectivity index (χ2v) is 10.8. The zero-order valence-electron chi connectivity index (χ0n) is 19.0. The van der Waals surface area contributed by atoms with Crippen LogP contribution in [0, 0.1) is 19.3 Å². The van der Waals surface area contributed by atoms with Crippen molar-refractivity contribution in [2.24, 2.45) is 5.41 Å². The van der Waals surface area contributed by atoms with Crippen molar-refractivity contribution in [3.8, 4) is 0 Å². The van der Waals surface area contributed by atoms with E-state index in [4.69, 9.17) is 0 Å². The second kappa shape index (κ2) is 6.80. The first-order valence-electron chi connectivity index (χ1n) is 11.5. The maximum atomic E-state index is 12.6. The first kappa shape index (κ1) is 20.5. The Bertz CT molecular complexity index is 1040. The summed E-state index contributed by atoms with van der Waals surface area (Å²) >= 11 is 0. The molecule has 2 fully saturated rings. The molecule has 3 heterocycles. The van der Waals surface area contributed by atoms with Crippen molar-refractivity contribution in [1.82, 2.24) is 10.3 Å². The van der Waals surface area contributed by atoms with E-state index in [0.29, 0.717) is 5.41 Å². The number of hydrogen-bond donors (Lipinski definition) is 3. The number of anilines is 1. The lowest BCUT2D eigenvalue weighted by molar-refractivity contribution is -0.139. The van der Waals surface area contributed by atoms with Gasteiger partial charge in [0.2, 0.25) is 0 Å². The summed E-state index contributed by atoms with van der Waals surface area (Å²) in [5, 5.41) is 17.8. The van der Waals surface area contributed by atoms with Gasteiger partial charge in [0.05, 0.1) is 0 Å². The summed E-state index contributed by atoms with van der Waals surface area (Å²) in [7, 11) is 0. The highest BCUT2D eigenvalue weighted by atomic mass is 16.4. The van der Waals surface area contributed by atoms with Crippen LogP contribution in [0.2, 0.25) is 0 Å². The van der Waals surface area contributed by atoms with E-state index in [1.54, 1.807) is 0 Å². The summed E-state index contributed by atoms with van der Waals surface area (Å²) in [5.74, 6) is -0.925. The Hall–Kier alpha value is -2.40. The van der Waals surface area contributed by atoms with Gasteiger partial charge in [-0.1, -0.05) is 26.0 Å². The van der Waals surface area contributed by atoms with Crippen LogP contribution in [-0.2, 0) is 10.2 Å². The molecule has 0 radical (unpaired) electrons. The molecule has 2 aliphatic heterocycles. The molecule has 1 saturated carbocycles. The molecule has 1 aromatic heterocycles. The molecule has 1 aliphatic carbocycles. The van der Waals surface area contributed by atoms with Crippen LogP contribution < -0.4 is 10.6 Å². The van der Waals surface area contributed by atoms with Crippen molar-refractivity contribution < 1.29 is 9.90 Å². The number of rotatable bonds is 2. The number of nitrogens with one attached hydrogen (secondary N) is 2. The van der Waals surface area contributed by atoms with Gasteiger partial charge in [0.15, 0.2) is 0 Å². The predicted molar refractivity (Wildman–Crippen MR) is 123 cm³/mol.